The van der Waals surface area contributed by atoms with Crippen LogP contribution in [0.3, 0.4) is 0 Å². The van der Waals surface area contributed by atoms with Crippen molar-refractivity contribution in [3.05, 3.63) is 56.9 Å². The van der Waals surface area contributed by atoms with E-state index in [1.54, 1.807) is 32.4 Å². The summed E-state index contributed by atoms with van der Waals surface area (Å²) in [4.78, 5) is 14.2. The number of nitrogens with zero attached hydrogens (tertiary/aromatic N) is 1. The summed E-state index contributed by atoms with van der Waals surface area (Å²) in [6.45, 7) is 4.77. The Balaban J connectivity index is 1.67. The second-order valence-electron chi connectivity index (χ2n) is 6.72. The zero-order valence-electron chi connectivity index (χ0n) is 17.2. The number of amides is 1. The first-order chi connectivity index (χ1) is 14.3. The molecule has 2 aromatic carbocycles. The average Bonchev–Trinajstić information content (AvgIpc) is 2.95. The third kappa shape index (κ3) is 5.09. The van der Waals surface area contributed by atoms with E-state index < -0.39 is 0 Å². The highest BCUT2D eigenvalue weighted by molar-refractivity contribution is 8.26. The van der Waals surface area contributed by atoms with Gasteiger partial charge in [-0.15, -0.1) is 0 Å². The molecule has 2 aromatic rings. The van der Waals surface area contributed by atoms with E-state index in [-0.39, 0.29) is 5.91 Å². The maximum atomic E-state index is 12.2. The van der Waals surface area contributed by atoms with E-state index in [0.717, 1.165) is 11.3 Å². The van der Waals surface area contributed by atoms with Crippen LogP contribution in [0.5, 0.6) is 17.2 Å². The molecule has 0 unspecified atom stereocenters. The summed E-state index contributed by atoms with van der Waals surface area (Å²) < 4.78 is 17.5. The number of benzene rings is 2. The Morgan fingerprint density at radius 1 is 1.13 bits per heavy atom. The highest BCUT2D eigenvalue weighted by Crippen LogP contribution is 2.38. The van der Waals surface area contributed by atoms with Gasteiger partial charge in [-0.05, 0) is 60.9 Å². The van der Waals surface area contributed by atoms with E-state index in [1.165, 1.54) is 27.8 Å². The van der Waals surface area contributed by atoms with E-state index in [2.05, 4.69) is 6.92 Å². The molecule has 0 aromatic heterocycles. The predicted octanol–water partition coefficient (Wildman–Crippen LogP) is 5.25. The molecule has 0 atom stereocenters. The number of rotatable bonds is 7. The zero-order chi connectivity index (χ0) is 21.8. The van der Waals surface area contributed by atoms with Gasteiger partial charge in [-0.1, -0.05) is 41.6 Å². The summed E-state index contributed by atoms with van der Waals surface area (Å²) in [5.41, 5.74) is 3.12. The number of aryl methyl sites for hydroxylation is 2. The van der Waals surface area contributed by atoms with Gasteiger partial charge in [-0.2, -0.15) is 0 Å². The molecule has 0 N–H and O–H groups in total. The number of halogens is 1. The number of carbonyl (C=O) groups excluding carboxylic acids is 1. The van der Waals surface area contributed by atoms with Gasteiger partial charge in [0.15, 0.2) is 11.5 Å². The Bertz CT molecular complexity index is 1020. The van der Waals surface area contributed by atoms with Gasteiger partial charge in [-0.25, -0.2) is 0 Å². The van der Waals surface area contributed by atoms with Gasteiger partial charge in [0.2, 0.25) is 0 Å². The molecule has 1 fully saturated rings. The van der Waals surface area contributed by atoms with Gasteiger partial charge >= 0.3 is 0 Å². The first-order valence-corrected chi connectivity index (χ1v) is 10.8. The van der Waals surface area contributed by atoms with Crippen LogP contribution in [0.25, 0.3) is 6.08 Å². The molecule has 3 rings (SSSR count). The normalized spacial score (nSPS) is 15.1. The van der Waals surface area contributed by atoms with Gasteiger partial charge in [0.1, 0.15) is 23.3 Å². The van der Waals surface area contributed by atoms with Crippen molar-refractivity contribution in [3.8, 4) is 17.2 Å². The molecule has 5 nitrogen and oxygen atoms in total. The molecule has 1 heterocycles. The minimum Gasteiger partial charge on any atom is -0.493 e. The maximum absolute atomic E-state index is 12.2. The minimum atomic E-state index is -0.135. The molecular formula is C22H22ClNO4S2. The van der Waals surface area contributed by atoms with Crippen LogP contribution in [0.15, 0.2) is 35.2 Å². The van der Waals surface area contributed by atoms with Crippen molar-refractivity contribution in [2.75, 3.05) is 27.4 Å². The van der Waals surface area contributed by atoms with Crippen molar-refractivity contribution >= 4 is 51.9 Å². The van der Waals surface area contributed by atoms with E-state index in [9.17, 15) is 4.79 Å². The summed E-state index contributed by atoms with van der Waals surface area (Å²) >= 11 is 12.8. The predicted molar refractivity (Wildman–Crippen MR) is 126 cm³/mol. The van der Waals surface area contributed by atoms with Crippen LogP contribution in [-0.2, 0) is 4.79 Å². The highest BCUT2D eigenvalue weighted by atomic mass is 35.5. The third-order valence-corrected chi connectivity index (χ3v) is 6.38. The number of hydrogen-bond donors (Lipinski definition) is 0. The van der Waals surface area contributed by atoms with Crippen LogP contribution in [0.2, 0.25) is 5.02 Å². The molecule has 0 saturated carbocycles. The fourth-order valence-electron chi connectivity index (χ4n) is 2.77. The molecule has 0 bridgehead atoms. The van der Waals surface area contributed by atoms with Crippen LogP contribution >= 0.6 is 35.6 Å². The Morgan fingerprint density at radius 3 is 2.50 bits per heavy atom. The minimum absolute atomic E-state index is 0.135. The van der Waals surface area contributed by atoms with E-state index in [4.69, 9.17) is 38.0 Å². The van der Waals surface area contributed by atoms with E-state index in [1.807, 2.05) is 25.1 Å². The summed E-state index contributed by atoms with van der Waals surface area (Å²) in [7, 11) is 3.20. The second-order valence-corrected chi connectivity index (χ2v) is 8.80. The van der Waals surface area contributed by atoms with Crippen LogP contribution in [0.4, 0.5) is 0 Å². The summed E-state index contributed by atoms with van der Waals surface area (Å²) in [6, 6.07) is 9.45. The lowest BCUT2D eigenvalue weighted by Crippen LogP contribution is -2.22. The van der Waals surface area contributed by atoms with E-state index >= 15 is 0 Å². The molecular weight excluding hydrogens is 442 g/mol. The smallest absolute Gasteiger partial charge is 0.265 e. The molecule has 0 aliphatic carbocycles. The summed E-state index contributed by atoms with van der Waals surface area (Å²) in [6.07, 6.45) is 1.74. The number of hydrogen-bond acceptors (Lipinski definition) is 6. The van der Waals surface area contributed by atoms with Crippen molar-refractivity contribution in [2.24, 2.45) is 0 Å². The third-order valence-electron chi connectivity index (χ3n) is 4.61. The lowest BCUT2D eigenvalue weighted by Gasteiger charge is -2.14. The topological polar surface area (TPSA) is 48.0 Å². The number of thiocarbonyl (C=S) groups is 1. The first-order valence-electron chi connectivity index (χ1n) is 9.22. The molecule has 1 aliphatic heterocycles. The average molecular weight is 464 g/mol. The van der Waals surface area contributed by atoms with Crippen molar-refractivity contribution < 1.29 is 19.0 Å². The van der Waals surface area contributed by atoms with E-state index in [0.29, 0.717) is 39.0 Å². The van der Waals surface area contributed by atoms with Gasteiger partial charge in [0.05, 0.1) is 17.0 Å². The Kier molecular flexibility index (Phi) is 7.28. The standard InChI is InChI=1S/C22H22ClNO4S2/c1-13-5-6-16(9-14(13)2)27-7-8-28-20-17(23)10-15(11-18(20)26-4)12-19-21(25)24(3)22(29)30-19/h5-6,9-12H,7-8H2,1-4H3. The Labute approximate surface area is 190 Å². The quantitative estimate of drug-likeness (QED) is 0.317. The molecule has 1 aliphatic rings. The monoisotopic (exact) mass is 463 g/mol. The van der Waals surface area contributed by atoms with Crippen molar-refractivity contribution in [2.45, 2.75) is 13.8 Å². The Morgan fingerprint density at radius 2 is 1.87 bits per heavy atom. The van der Waals surface area contributed by atoms with Gasteiger partial charge in [-0.3, -0.25) is 9.69 Å². The van der Waals surface area contributed by atoms with Crippen LogP contribution < -0.4 is 14.2 Å². The van der Waals surface area contributed by atoms with Gasteiger partial charge < -0.3 is 14.2 Å². The van der Waals surface area contributed by atoms with Crippen molar-refractivity contribution in [3.63, 3.8) is 0 Å². The lowest BCUT2D eigenvalue weighted by atomic mass is 10.1. The lowest BCUT2D eigenvalue weighted by molar-refractivity contribution is -0.121. The number of carbonyl (C=O) groups is 1. The van der Waals surface area contributed by atoms with Crippen LogP contribution in [0, 0.1) is 13.8 Å². The number of likely N-dealkylation sites (N-methyl/N-ethyl adjacent to an activating group) is 1. The Hall–Kier alpha value is -2.22. The van der Waals surface area contributed by atoms with Crippen LogP contribution in [0.1, 0.15) is 16.7 Å². The second kappa shape index (κ2) is 9.73. The molecule has 8 heteroatoms. The fourth-order valence-corrected chi connectivity index (χ4v) is 4.22. The highest BCUT2D eigenvalue weighted by Gasteiger charge is 2.28. The molecule has 0 radical (unpaired) electrons. The van der Waals surface area contributed by atoms with Gasteiger partial charge in [0.25, 0.3) is 5.91 Å². The number of methoxy groups -OCH3 is 1. The molecule has 1 saturated heterocycles. The molecule has 0 spiro atoms. The largest absolute Gasteiger partial charge is 0.493 e. The number of ether oxygens (including phenoxy) is 3. The van der Waals surface area contributed by atoms with Crippen LogP contribution in [-0.4, -0.2) is 42.5 Å². The summed E-state index contributed by atoms with van der Waals surface area (Å²) in [5.74, 6) is 1.57. The zero-order valence-corrected chi connectivity index (χ0v) is 19.5. The molecule has 158 valence electrons. The maximum Gasteiger partial charge on any atom is 0.265 e. The molecule has 30 heavy (non-hydrogen) atoms. The fraction of sp³-hybridized carbons (Fsp3) is 0.273. The van der Waals surface area contributed by atoms with Crippen molar-refractivity contribution in [1.29, 1.82) is 0 Å². The first kappa shape index (κ1) is 22.5. The van der Waals surface area contributed by atoms with Gasteiger partial charge in [0, 0.05) is 7.05 Å². The number of thioether (sulfide) groups is 1. The molecule has 1 amide bonds. The summed E-state index contributed by atoms with van der Waals surface area (Å²) in [5, 5.41) is 0.388. The van der Waals surface area contributed by atoms with Crippen molar-refractivity contribution in [1.82, 2.24) is 4.90 Å². The SMILES string of the molecule is COc1cc(C=C2SC(=S)N(C)C2=O)cc(Cl)c1OCCOc1ccc(C)c(C)c1.